The summed E-state index contributed by atoms with van der Waals surface area (Å²) in [6.45, 7) is 2.05. The van der Waals surface area contributed by atoms with Gasteiger partial charge in [-0.1, -0.05) is 65.7 Å². The van der Waals surface area contributed by atoms with Gasteiger partial charge in [-0.05, 0) is 66.4 Å². The Morgan fingerprint density at radius 3 is 2.41 bits per heavy atom. The largest absolute Gasteiger partial charge is 0.416 e. The third-order valence-electron chi connectivity index (χ3n) is 6.52. The summed E-state index contributed by atoms with van der Waals surface area (Å²) in [7, 11) is 0. The number of carbonyl (C=O) groups is 1. The van der Waals surface area contributed by atoms with E-state index in [1.54, 1.807) is 18.2 Å². The first-order chi connectivity index (χ1) is 18.7. The Morgan fingerprint density at radius 2 is 1.67 bits per heavy atom. The van der Waals surface area contributed by atoms with Gasteiger partial charge in [0.15, 0.2) is 0 Å². The van der Waals surface area contributed by atoms with Gasteiger partial charge in [0.1, 0.15) is 5.65 Å². The summed E-state index contributed by atoms with van der Waals surface area (Å²) in [5.41, 5.74) is 6.11. The number of rotatable bonds is 7. The van der Waals surface area contributed by atoms with Gasteiger partial charge in [-0.15, -0.1) is 0 Å². The maximum absolute atomic E-state index is 13.0. The van der Waals surface area contributed by atoms with Crippen LogP contribution in [0.1, 0.15) is 28.8 Å². The van der Waals surface area contributed by atoms with Crippen molar-refractivity contribution in [2.45, 2.75) is 32.5 Å². The van der Waals surface area contributed by atoms with Crippen LogP contribution in [-0.2, 0) is 23.9 Å². The number of nitrogens with zero attached hydrogens (tertiary/aromatic N) is 2. The fourth-order valence-corrected chi connectivity index (χ4v) is 4.67. The van der Waals surface area contributed by atoms with Crippen molar-refractivity contribution >= 4 is 23.2 Å². The van der Waals surface area contributed by atoms with Crippen LogP contribution in [0.3, 0.4) is 0 Å². The van der Waals surface area contributed by atoms with Crippen molar-refractivity contribution in [1.29, 1.82) is 0 Å². The Balaban J connectivity index is 1.41. The highest BCUT2D eigenvalue weighted by molar-refractivity contribution is 6.30. The third kappa shape index (κ3) is 6.15. The molecule has 0 aliphatic carbocycles. The smallest absolute Gasteiger partial charge is 0.352 e. The molecule has 0 fully saturated rings. The number of hydrogen-bond donors (Lipinski definition) is 1. The molecule has 0 atom stereocenters. The molecule has 0 aliphatic heterocycles. The molecule has 0 saturated heterocycles. The monoisotopic (exact) mass is 547 g/mol. The summed E-state index contributed by atoms with van der Waals surface area (Å²) in [6.07, 6.45) is -1.89. The number of imidazole rings is 1. The quantitative estimate of drug-likeness (QED) is 0.225. The third-order valence-corrected chi connectivity index (χ3v) is 6.77. The number of benzene rings is 3. The fourth-order valence-electron chi connectivity index (χ4n) is 4.55. The molecule has 2 heterocycles. The summed E-state index contributed by atoms with van der Waals surface area (Å²) in [5, 5.41) is 3.36. The van der Waals surface area contributed by atoms with E-state index in [1.165, 1.54) is 6.07 Å². The van der Waals surface area contributed by atoms with Gasteiger partial charge in [0, 0.05) is 29.7 Å². The number of aryl methyl sites for hydroxylation is 2. The number of alkyl halides is 3. The Hall–Kier alpha value is -4.10. The maximum Gasteiger partial charge on any atom is 0.416 e. The van der Waals surface area contributed by atoms with Gasteiger partial charge < -0.3 is 9.72 Å². The summed E-state index contributed by atoms with van der Waals surface area (Å²) >= 11 is 6.10. The molecule has 8 heteroatoms. The van der Waals surface area contributed by atoms with Gasteiger partial charge in [-0.3, -0.25) is 4.79 Å². The zero-order valence-corrected chi connectivity index (χ0v) is 21.9. The second-order valence-corrected chi connectivity index (χ2v) is 9.84. The van der Waals surface area contributed by atoms with E-state index >= 15 is 0 Å². The molecule has 1 amide bonds. The molecule has 0 radical (unpaired) electrons. The molecule has 5 aromatic rings. The number of fused-ring (bicyclic) bond motifs is 1. The highest BCUT2D eigenvalue weighted by atomic mass is 35.5. The molecule has 0 saturated carbocycles. The molecule has 0 bridgehead atoms. The number of aromatic nitrogens is 2. The van der Waals surface area contributed by atoms with Crippen molar-refractivity contribution < 1.29 is 18.0 Å². The lowest BCUT2D eigenvalue weighted by Crippen LogP contribution is -2.23. The lowest BCUT2D eigenvalue weighted by Gasteiger charge is -2.10. The number of carbonyl (C=O) groups excluding carboxylic acids is 1. The van der Waals surface area contributed by atoms with E-state index in [9.17, 15) is 18.0 Å². The molecule has 198 valence electrons. The minimum absolute atomic E-state index is 0.0114. The Morgan fingerprint density at radius 1 is 0.923 bits per heavy atom. The van der Waals surface area contributed by atoms with E-state index in [1.807, 2.05) is 60.0 Å². The van der Waals surface area contributed by atoms with Gasteiger partial charge in [-0.25, -0.2) is 4.98 Å². The van der Waals surface area contributed by atoms with Gasteiger partial charge in [0.2, 0.25) is 5.91 Å². The van der Waals surface area contributed by atoms with Crippen LogP contribution in [0.15, 0.2) is 91.1 Å². The summed E-state index contributed by atoms with van der Waals surface area (Å²) in [5.74, 6) is -0.265. The normalized spacial score (nSPS) is 11.6. The minimum Gasteiger partial charge on any atom is -0.352 e. The van der Waals surface area contributed by atoms with Gasteiger partial charge in [-0.2, -0.15) is 13.2 Å². The van der Waals surface area contributed by atoms with E-state index in [4.69, 9.17) is 16.6 Å². The topological polar surface area (TPSA) is 46.4 Å². The van der Waals surface area contributed by atoms with Crippen molar-refractivity contribution in [2.75, 3.05) is 0 Å². The van der Waals surface area contributed by atoms with E-state index in [0.29, 0.717) is 17.0 Å². The summed E-state index contributed by atoms with van der Waals surface area (Å²) in [4.78, 5) is 17.6. The molecule has 3 aromatic carbocycles. The van der Waals surface area contributed by atoms with E-state index in [-0.39, 0.29) is 18.9 Å². The lowest BCUT2D eigenvalue weighted by atomic mass is 10.0. The second-order valence-electron chi connectivity index (χ2n) is 9.40. The average Bonchev–Trinajstić information content (AvgIpc) is 3.28. The molecule has 5 rings (SSSR count). The Kier molecular flexibility index (Phi) is 7.44. The van der Waals surface area contributed by atoms with Crippen molar-refractivity contribution in [3.05, 3.63) is 119 Å². The first-order valence-corrected chi connectivity index (χ1v) is 12.8. The molecular formula is C31H25ClF3N3O. The zero-order valence-electron chi connectivity index (χ0n) is 21.1. The number of hydrogen-bond acceptors (Lipinski definition) is 2. The lowest BCUT2D eigenvalue weighted by molar-refractivity contribution is -0.137. The van der Waals surface area contributed by atoms with Crippen LogP contribution in [-0.4, -0.2) is 15.3 Å². The number of amides is 1. The van der Waals surface area contributed by atoms with Gasteiger partial charge >= 0.3 is 6.18 Å². The standard InChI is InChI=1S/C31H25ClF3N3O/c1-20-4-2-6-23(16-20)24-10-14-28-37-30(22-8-11-26(32)12-9-22)27(38(28)19-24)13-15-29(39)36-18-21-5-3-7-25(17-21)31(33,34)35/h2-12,14,16-17,19H,13,15,18H2,1H3,(H,36,39). The maximum atomic E-state index is 13.0. The minimum atomic E-state index is -4.43. The van der Waals surface area contributed by atoms with Crippen LogP contribution in [0.2, 0.25) is 5.02 Å². The molecule has 0 aliphatic rings. The molecule has 4 nitrogen and oxygen atoms in total. The second kappa shape index (κ2) is 10.9. The van der Waals surface area contributed by atoms with Crippen LogP contribution in [0.4, 0.5) is 13.2 Å². The highest BCUT2D eigenvalue weighted by Gasteiger charge is 2.30. The van der Waals surface area contributed by atoms with Crippen LogP contribution >= 0.6 is 11.6 Å². The van der Waals surface area contributed by atoms with Crippen molar-refractivity contribution in [3.63, 3.8) is 0 Å². The van der Waals surface area contributed by atoms with Crippen molar-refractivity contribution in [2.24, 2.45) is 0 Å². The zero-order chi connectivity index (χ0) is 27.6. The molecule has 1 N–H and O–H groups in total. The van der Waals surface area contributed by atoms with E-state index in [0.717, 1.165) is 51.4 Å². The molecule has 2 aromatic heterocycles. The highest BCUT2D eigenvalue weighted by Crippen LogP contribution is 2.31. The SMILES string of the molecule is Cc1cccc(-c2ccc3nc(-c4ccc(Cl)cc4)c(CCC(=O)NCc4cccc(C(F)(F)F)c4)n3c2)c1. The van der Waals surface area contributed by atoms with Gasteiger partial charge in [0.05, 0.1) is 17.0 Å². The number of pyridine rings is 1. The van der Waals surface area contributed by atoms with E-state index < -0.39 is 11.7 Å². The van der Waals surface area contributed by atoms with Crippen LogP contribution in [0.25, 0.3) is 28.0 Å². The summed E-state index contributed by atoms with van der Waals surface area (Å²) in [6, 6.07) is 24.5. The fraction of sp³-hybridized carbons (Fsp3) is 0.161. The molecule has 0 spiro atoms. The molecule has 0 unspecified atom stereocenters. The summed E-state index contributed by atoms with van der Waals surface area (Å²) < 4.78 is 41.1. The first kappa shape index (κ1) is 26.5. The number of nitrogens with one attached hydrogen (secondary N) is 1. The van der Waals surface area contributed by atoms with Crippen LogP contribution in [0, 0.1) is 6.92 Å². The molecule has 39 heavy (non-hydrogen) atoms. The van der Waals surface area contributed by atoms with E-state index in [2.05, 4.69) is 11.4 Å². The van der Waals surface area contributed by atoms with Crippen LogP contribution < -0.4 is 5.32 Å². The van der Waals surface area contributed by atoms with Crippen LogP contribution in [0.5, 0.6) is 0 Å². The van der Waals surface area contributed by atoms with Gasteiger partial charge in [0.25, 0.3) is 0 Å². The van der Waals surface area contributed by atoms with Crippen molar-refractivity contribution in [1.82, 2.24) is 14.7 Å². The van der Waals surface area contributed by atoms with Crippen molar-refractivity contribution in [3.8, 4) is 22.4 Å². The molecular weight excluding hydrogens is 523 g/mol. The predicted octanol–water partition coefficient (Wildman–Crippen LogP) is 7.90. The number of halogens is 4. The Labute approximate surface area is 229 Å². The predicted molar refractivity (Wildman–Crippen MR) is 147 cm³/mol. The first-order valence-electron chi connectivity index (χ1n) is 12.4. The average molecular weight is 548 g/mol. The Bertz CT molecular complexity index is 1640.